The van der Waals surface area contributed by atoms with Crippen molar-refractivity contribution in [2.45, 2.75) is 5.22 Å². The number of aromatic nitrogens is 2. The molecule has 0 radical (unpaired) electrons. The molecule has 0 aliphatic carbocycles. The summed E-state index contributed by atoms with van der Waals surface area (Å²) in [6.45, 7) is 0. The zero-order valence-corrected chi connectivity index (χ0v) is 9.03. The van der Waals surface area contributed by atoms with Gasteiger partial charge in [-0.2, -0.15) is 0 Å². The molecule has 0 N–H and O–H groups in total. The molecule has 15 heavy (non-hydrogen) atoms. The Labute approximate surface area is 91.3 Å². The van der Waals surface area contributed by atoms with Crippen molar-refractivity contribution in [1.29, 1.82) is 0 Å². The van der Waals surface area contributed by atoms with E-state index in [-0.39, 0.29) is 5.78 Å². The van der Waals surface area contributed by atoms with Gasteiger partial charge in [0.1, 0.15) is 6.26 Å². The lowest BCUT2D eigenvalue weighted by atomic mass is 10.3. The first-order valence-corrected chi connectivity index (χ1v) is 5.43. The van der Waals surface area contributed by atoms with E-state index in [2.05, 4.69) is 4.98 Å². The number of ketones is 1. The van der Waals surface area contributed by atoms with Crippen LogP contribution in [0.5, 0.6) is 0 Å². The van der Waals surface area contributed by atoms with Crippen LogP contribution in [0.1, 0.15) is 10.5 Å². The average molecular weight is 222 g/mol. The molecule has 0 unspecified atom stereocenters. The van der Waals surface area contributed by atoms with Crippen molar-refractivity contribution >= 4 is 17.5 Å². The Bertz CT molecular complexity index is 448. The van der Waals surface area contributed by atoms with Crippen LogP contribution in [0.4, 0.5) is 0 Å². The second-order valence-corrected chi connectivity index (χ2v) is 3.94. The second-order valence-electron chi connectivity index (χ2n) is 3.01. The van der Waals surface area contributed by atoms with Gasteiger partial charge in [-0.3, -0.25) is 4.79 Å². The van der Waals surface area contributed by atoms with Crippen molar-refractivity contribution in [2.75, 3.05) is 5.75 Å². The van der Waals surface area contributed by atoms with Crippen molar-refractivity contribution in [2.24, 2.45) is 7.05 Å². The van der Waals surface area contributed by atoms with Gasteiger partial charge >= 0.3 is 0 Å². The van der Waals surface area contributed by atoms with Crippen molar-refractivity contribution in [3.05, 3.63) is 36.5 Å². The summed E-state index contributed by atoms with van der Waals surface area (Å²) in [5.41, 5.74) is 0.703. The number of hydrogen-bond acceptors (Lipinski definition) is 4. The first-order chi connectivity index (χ1) is 7.27. The summed E-state index contributed by atoms with van der Waals surface area (Å²) in [6, 6.07) is 3.65. The van der Waals surface area contributed by atoms with Gasteiger partial charge in [0.25, 0.3) is 5.22 Å². The first-order valence-electron chi connectivity index (χ1n) is 4.44. The molecule has 0 aliphatic heterocycles. The maximum Gasteiger partial charge on any atom is 0.255 e. The molecular weight excluding hydrogens is 212 g/mol. The normalized spacial score (nSPS) is 10.5. The minimum atomic E-state index is 0.0747. The van der Waals surface area contributed by atoms with Crippen molar-refractivity contribution < 1.29 is 9.21 Å². The lowest BCUT2D eigenvalue weighted by Crippen LogP contribution is -2.07. The van der Waals surface area contributed by atoms with E-state index >= 15 is 0 Å². The molecule has 2 heterocycles. The third-order valence-corrected chi connectivity index (χ3v) is 2.82. The average Bonchev–Trinajstić information content (AvgIpc) is 2.84. The monoisotopic (exact) mass is 222 g/mol. The highest BCUT2D eigenvalue weighted by atomic mass is 32.2. The van der Waals surface area contributed by atoms with Crippen molar-refractivity contribution in [3.63, 3.8) is 0 Å². The summed E-state index contributed by atoms with van der Waals surface area (Å²) in [4.78, 5) is 15.6. The van der Waals surface area contributed by atoms with Crippen molar-refractivity contribution in [3.8, 4) is 0 Å². The fourth-order valence-electron chi connectivity index (χ4n) is 1.23. The van der Waals surface area contributed by atoms with Gasteiger partial charge in [0.2, 0.25) is 0 Å². The molecule has 78 valence electrons. The predicted molar refractivity (Wildman–Crippen MR) is 57.0 cm³/mol. The quantitative estimate of drug-likeness (QED) is 0.586. The molecule has 2 rings (SSSR count). The molecule has 2 aromatic heterocycles. The largest absolute Gasteiger partial charge is 0.440 e. The topological polar surface area (TPSA) is 48.0 Å². The Morgan fingerprint density at radius 2 is 2.53 bits per heavy atom. The van der Waals surface area contributed by atoms with Crippen LogP contribution < -0.4 is 0 Å². The van der Waals surface area contributed by atoms with Gasteiger partial charge in [0.05, 0.1) is 17.6 Å². The van der Waals surface area contributed by atoms with E-state index in [1.807, 2.05) is 19.3 Å². The highest BCUT2D eigenvalue weighted by Crippen LogP contribution is 2.16. The van der Waals surface area contributed by atoms with Gasteiger partial charge < -0.3 is 8.98 Å². The van der Waals surface area contributed by atoms with E-state index in [4.69, 9.17) is 4.42 Å². The molecule has 0 atom stereocenters. The number of thioether (sulfide) groups is 1. The fraction of sp³-hybridized carbons (Fsp3) is 0.200. The molecule has 0 saturated carbocycles. The summed E-state index contributed by atoms with van der Waals surface area (Å²) in [7, 11) is 1.85. The molecule has 4 nitrogen and oxygen atoms in total. The van der Waals surface area contributed by atoms with Crippen LogP contribution in [-0.2, 0) is 7.05 Å². The third kappa shape index (κ3) is 2.30. The van der Waals surface area contributed by atoms with Gasteiger partial charge in [0, 0.05) is 13.2 Å². The van der Waals surface area contributed by atoms with E-state index in [1.165, 1.54) is 18.0 Å². The van der Waals surface area contributed by atoms with Crippen LogP contribution in [0.2, 0.25) is 0 Å². The molecular formula is C10H10N2O2S. The minimum absolute atomic E-state index is 0.0747. The van der Waals surface area contributed by atoms with E-state index in [0.717, 1.165) is 0 Å². The predicted octanol–water partition coefficient (Wildman–Crippen LogP) is 1.99. The van der Waals surface area contributed by atoms with Gasteiger partial charge in [-0.25, -0.2) is 4.98 Å². The first kappa shape index (κ1) is 10.0. The van der Waals surface area contributed by atoms with Crippen LogP contribution in [0.15, 0.2) is 40.4 Å². The number of carbonyl (C=O) groups excluding carboxylic acids is 1. The molecule has 5 heteroatoms. The number of nitrogens with zero attached hydrogens (tertiary/aromatic N) is 2. The number of carbonyl (C=O) groups is 1. The summed E-state index contributed by atoms with van der Waals surface area (Å²) >= 11 is 1.30. The zero-order valence-electron chi connectivity index (χ0n) is 8.21. The molecule has 0 saturated heterocycles. The summed E-state index contributed by atoms with van der Waals surface area (Å²) in [5.74, 6) is 0.420. The van der Waals surface area contributed by atoms with Gasteiger partial charge in [0.15, 0.2) is 5.78 Å². The molecule has 0 fully saturated rings. The highest BCUT2D eigenvalue weighted by Gasteiger charge is 2.10. The smallest absolute Gasteiger partial charge is 0.255 e. The molecule has 2 aromatic rings. The van der Waals surface area contributed by atoms with Crippen LogP contribution in [0.25, 0.3) is 0 Å². The summed E-state index contributed by atoms with van der Waals surface area (Å²) in [6.07, 6.45) is 4.91. The van der Waals surface area contributed by atoms with Gasteiger partial charge in [-0.15, -0.1) is 0 Å². The molecule has 0 bridgehead atoms. The lowest BCUT2D eigenvalue weighted by Gasteiger charge is -2.00. The standard InChI is InChI=1S/C10H10N2O2S/c1-12-5-2-3-8(12)9(13)7-15-10-11-4-6-14-10/h2-6H,7H2,1H3. The Balaban J connectivity index is 1.96. The molecule has 0 aromatic carbocycles. The Hall–Kier alpha value is -1.49. The summed E-state index contributed by atoms with van der Waals surface area (Å²) < 4.78 is 6.83. The Morgan fingerprint density at radius 1 is 1.67 bits per heavy atom. The van der Waals surface area contributed by atoms with Crippen LogP contribution >= 0.6 is 11.8 Å². The van der Waals surface area contributed by atoms with E-state index in [9.17, 15) is 4.79 Å². The Kier molecular flexibility index (Phi) is 2.91. The third-order valence-electron chi connectivity index (χ3n) is 1.97. The maximum atomic E-state index is 11.7. The van der Waals surface area contributed by atoms with Crippen molar-refractivity contribution in [1.82, 2.24) is 9.55 Å². The molecule has 0 aliphatic rings. The van der Waals surface area contributed by atoms with Gasteiger partial charge in [-0.1, -0.05) is 11.8 Å². The van der Waals surface area contributed by atoms with Crippen LogP contribution in [-0.4, -0.2) is 21.1 Å². The fourth-order valence-corrected chi connectivity index (χ4v) is 1.90. The number of Topliss-reactive ketones (excluding diaryl/α,β-unsaturated/α-hetero) is 1. The zero-order chi connectivity index (χ0) is 10.7. The number of hydrogen-bond donors (Lipinski definition) is 0. The number of oxazole rings is 1. The lowest BCUT2D eigenvalue weighted by molar-refractivity contribution is 0.101. The van der Waals surface area contributed by atoms with E-state index < -0.39 is 0 Å². The van der Waals surface area contributed by atoms with Crippen LogP contribution in [0, 0.1) is 0 Å². The molecule has 0 amide bonds. The number of aryl methyl sites for hydroxylation is 1. The maximum absolute atomic E-state index is 11.7. The second kappa shape index (κ2) is 4.35. The highest BCUT2D eigenvalue weighted by molar-refractivity contribution is 7.99. The van der Waals surface area contributed by atoms with Gasteiger partial charge in [-0.05, 0) is 12.1 Å². The van der Waals surface area contributed by atoms with E-state index in [1.54, 1.807) is 16.8 Å². The molecule has 0 spiro atoms. The SMILES string of the molecule is Cn1cccc1C(=O)CSc1ncco1. The summed E-state index contributed by atoms with van der Waals surface area (Å²) in [5, 5.41) is 0.526. The van der Waals surface area contributed by atoms with Crippen LogP contribution in [0.3, 0.4) is 0 Å². The number of rotatable bonds is 4. The minimum Gasteiger partial charge on any atom is -0.440 e. The van der Waals surface area contributed by atoms with E-state index in [0.29, 0.717) is 16.7 Å². The Morgan fingerprint density at radius 3 is 3.13 bits per heavy atom.